The summed E-state index contributed by atoms with van der Waals surface area (Å²) in [6, 6.07) is 65.2. The Balaban J connectivity index is 1.20. The van der Waals surface area contributed by atoms with E-state index in [1.165, 1.54) is 72.4 Å². The number of hydrogen-bond donors (Lipinski definition) is 0. The number of nitrogens with zero attached hydrogens (tertiary/aromatic N) is 1. The van der Waals surface area contributed by atoms with Crippen LogP contribution >= 0.6 is 0 Å². The Morgan fingerprint density at radius 3 is 1.59 bits per heavy atom. The zero-order chi connectivity index (χ0) is 35.8. The van der Waals surface area contributed by atoms with Gasteiger partial charge in [0.2, 0.25) is 0 Å². The van der Waals surface area contributed by atoms with Crippen LogP contribution in [0.3, 0.4) is 0 Å². The van der Waals surface area contributed by atoms with Crippen molar-refractivity contribution in [1.29, 1.82) is 0 Å². The number of furan rings is 1. The van der Waals surface area contributed by atoms with Crippen LogP contribution in [-0.2, 0) is 10.8 Å². The third kappa shape index (κ3) is 3.60. The van der Waals surface area contributed by atoms with Crippen molar-refractivity contribution < 1.29 is 4.42 Å². The minimum Gasteiger partial charge on any atom is -0.456 e. The topological polar surface area (TPSA) is 16.4 Å². The molecule has 9 aromatic rings. The number of benzene rings is 8. The van der Waals surface area contributed by atoms with E-state index in [0.29, 0.717) is 0 Å². The summed E-state index contributed by atoms with van der Waals surface area (Å²) in [6.07, 6.45) is 0. The van der Waals surface area contributed by atoms with E-state index in [1.807, 2.05) is 0 Å². The lowest BCUT2D eigenvalue weighted by Gasteiger charge is -2.34. The summed E-state index contributed by atoms with van der Waals surface area (Å²) in [6.45, 7) is 4.77. The van der Waals surface area contributed by atoms with E-state index >= 15 is 0 Å². The van der Waals surface area contributed by atoms with E-state index in [1.54, 1.807) is 0 Å². The lowest BCUT2D eigenvalue weighted by Crippen LogP contribution is -2.26. The van der Waals surface area contributed by atoms with Crippen molar-refractivity contribution in [2.24, 2.45) is 0 Å². The lowest BCUT2D eigenvalue weighted by molar-refractivity contribution is 0.661. The van der Waals surface area contributed by atoms with Gasteiger partial charge in [-0.3, -0.25) is 0 Å². The molecule has 0 atom stereocenters. The largest absolute Gasteiger partial charge is 0.456 e. The number of anilines is 3. The van der Waals surface area contributed by atoms with Crippen LogP contribution < -0.4 is 4.90 Å². The fourth-order valence-electron chi connectivity index (χ4n) is 10.6. The average Bonchev–Trinajstić information content (AvgIpc) is 3.91. The van der Waals surface area contributed by atoms with Crippen LogP contribution in [0.15, 0.2) is 180 Å². The molecule has 3 aliphatic carbocycles. The minimum absolute atomic E-state index is 0.218. The fraction of sp³-hybridized carbons (Fsp3) is 0.0769. The highest BCUT2D eigenvalue weighted by Gasteiger charge is 2.52. The predicted octanol–water partition coefficient (Wildman–Crippen LogP) is 13.7. The Kier molecular flexibility index (Phi) is 5.81. The van der Waals surface area contributed by atoms with E-state index in [0.717, 1.165) is 33.3 Å². The van der Waals surface area contributed by atoms with Crippen LogP contribution in [0.5, 0.6) is 0 Å². The normalized spacial score (nSPS) is 14.8. The maximum absolute atomic E-state index is 6.54. The molecule has 0 N–H and O–H groups in total. The molecule has 0 saturated carbocycles. The molecule has 8 aromatic carbocycles. The predicted molar refractivity (Wildman–Crippen MR) is 222 cm³/mol. The maximum atomic E-state index is 6.54. The molecular weight excluding hydrogens is 655 g/mol. The summed E-state index contributed by atoms with van der Waals surface area (Å²) in [5, 5.41) is 2.24. The highest BCUT2D eigenvalue weighted by Crippen LogP contribution is 2.64. The number of fused-ring (bicyclic) bond motifs is 16. The molecule has 2 nitrogen and oxygen atoms in total. The zero-order valence-corrected chi connectivity index (χ0v) is 30.1. The molecule has 0 aliphatic heterocycles. The molecule has 0 fully saturated rings. The van der Waals surface area contributed by atoms with E-state index in [4.69, 9.17) is 4.42 Å². The molecule has 0 radical (unpaired) electrons. The van der Waals surface area contributed by atoms with Gasteiger partial charge in [0.1, 0.15) is 11.2 Å². The zero-order valence-electron chi connectivity index (χ0n) is 30.1. The average molecular weight is 690 g/mol. The van der Waals surface area contributed by atoms with Gasteiger partial charge in [0.25, 0.3) is 0 Å². The van der Waals surface area contributed by atoms with E-state index in [2.05, 4.69) is 195 Å². The van der Waals surface area contributed by atoms with Gasteiger partial charge in [0.15, 0.2) is 0 Å². The summed E-state index contributed by atoms with van der Waals surface area (Å²) in [5.74, 6) is 0. The van der Waals surface area contributed by atoms with Crippen molar-refractivity contribution in [2.75, 3.05) is 4.90 Å². The first kappa shape index (κ1) is 29.9. The summed E-state index contributed by atoms with van der Waals surface area (Å²) in [5.41, 5.74) is 20.4. The molecule has 0 saturated heterocycles. The van der Waals surface area contributed by atoms with Crippen molar-refractivity contribution >= 4 is 39.0 Å². The molecule has 254 valence electrons. The van der Waals surface area contributed by atoms with Crippen molar-refractivity contribution in [1.82, 2.24) is 0 Å². The van der Waals surface area contributed by atoms with Crippen molar-refractivity contribution in [3.8, 4) is 33.4 Å². The van der Waals surface area contributed by atoms with E-state index in [-0.39, 0.29) is 5.41 Å². The molecule has 1 aromatic heterocycles. The van der Waals surface area contributed by atoms with Gasteiger partial charge in [0, 0.05) is 16.5 Å². The van der Waals surface area contributed by atoms with Crippen LogP contribution in [0.1, 0.15) is 47.2 Å². The Hall–Kier alpha value is -6.64. The molecule has 0 unspecified atom stereocenters. The van der Waals surface area contributed by atoms with Crippen molar-refractivity contribution in [2.45, 2.75) is 24.7 Å². The van der Waals surface area contributed by atoms with Crippen LogP contribution in [0, 0.1) is 0 Å². The van der Waals surface area contributed by atoms with Crippen LogP contribution in [0.25, 0.3) is 55.3 Å². The lowest BCUT2D eigenvalue weighted by atomic mass is 9.70. The Morgan fingerprint density at radius 1 is 0.407 bits per heavy atom. The minimum atomic E-state index is -0.441. The molecule has 1 spiro atoms. The summed E-state index contributed by atoms with van der Waals surface area (Å²) in [7, 11) is 0. The van der Waals surface area contributed by atoms with Gasteiger partial charge in [-0.15, -0.1) is 0 Å². The van der Waals surface area contributed by atoms with Gasteiger partial charge < -0.3 is 9.32 Å². The van der Waals surface area contributed by atoms with Gasteiger partial charge in [0.05, 0.1) is 22.2 Å². The maximum Gasteiger partial charge on any atom is 0.137 e. The molecule has 3 aliphatic rings. The Morgan fingerprint density at radius 2 is 0.907 bits per heavy atom. The second-order valence-corrected chi connectivity index (χ2v) is 15.6. The van der Waals surface area contributed by atoms with Crippen LogP contribution in [0.4, 0.5) is 17.1 Å². The summed E-state index contributed by atoms with van der Waals surface area (Å²) < 4.78 is 6.54. The second kappa shape index (κ2) is 10.5. The fourth-order valence-corrected chi connectivity index (χ4v) is 10.6. The first-order chi connectivity index (χ1) is 26.6. The molecular formula is C52H35NO. The molecule has 2 heteroatoms. The van der Waals surface area contributed by atoms with Crippen LogP contribution in [0.2, 0.25) is 0 Å². The van der Waals surface area contributed by atoms with Gasteiger partial charge >= 0.3 is 0 Å². The standard InChI is InChI=1S/C52H35NO/c1-51(2)40-21-8-3-18-36(40)38-20-13-26-46(50(38)51)53(45-25-14-28-48-49(45)39-19-7-12-27-47(39)54-48)32-29-30-37-35-17-6-11-24-43(35)52(44(37)31-32)41-22-9-4-15-33(41)34-16-5-10-23-42(34)52/h3-31H,1-2H3. The molecule has 0 bridgehead atoms. The van der Waals surface area contributed by atoms with Gasteiger partial charge in [-0.2, -0.15) is 0 Å². The van der Waals surface area contributed by atoms with Gasteiger partial charge in [-0.05, 0) is 103 Å². The van der Waals surface area contributed by atoms with Crippen molar-refractivity contribution in [3.05, 3.63) is 209 Å². The monoisotopic (exact) mass is 689 g/mol. The third-order valence-electron chi connectivity index (χ3n) is 12.7. The van der Waals surface area contributed by atoms with E-state index < -0.39 is 5.41 Å². The second-order valence-electron chi connectivity index (χ2n) is 15.6. The molecule has 0 amide bonds. The summed E-state index contributed by atoms with van der Waals surface area (Å²) >= 11 is 0. The molecule has 1 heterocycles. The first-order valence-electron chi connectivity index (χ1n) is 18.9. The van der Waals surface area contributed by atoms with Crippen LogP contribution in [-0.4, -0.2) is 0 Å². The number of rotatable bonds is 3. The quantitative estimate of drug-likeness (QED) is 0.184. The molecule has 54 heavy (non-hydrogen) atoms. The van der Waals surface area contributed by atoms with Gasteiger partial charge in [-0.1, -0.05) is 153 Å². The first-order valence-corrected chi connectivity index (χ1v) is 18.9. The Bertz CT molecular complexity index is 2990. The third-order valence-corrected chi connectivity index (χ3v) is 12.7. The molecule has 12 rings (SSSR count). The highest BCUT2D eigenvalue weighted by molar-refractivity contribution is 6.14. The highest BCUT2D eigenvalue weighted by atomic mass is 16.3. The smallest absolute Gasteiger partial charge is 0.137 e. The number of para-hydroxylation sites is 1. The van der Waals surface area contributed by atoms with E-state index in [9.17, 15) is 0 Å². The van der Waals surface area contributed by atoms with Gasteiger partial charge in [-0.25, -0.2) is 0 Å². The summed E-state index contributed by atoms with van der Waals surface area (Å²) in [4.78, 5) is 2.53. The van der Waals surface area contributed by atoms with Crippen molar-refractivity contribution in [3.63, 3.8) is 0 Å². The SMILES string of the molecule is CC1(C)c2ccccc2-c2cccc(N(c3ccc4c(c3)C3(c5ccccc5-c5ccccc53)c3ccccc3-4)c3cccc4oc5ccccc5c34)c21. The Labute approximate surface area is 314 Å². The number of hydrogen-bond acceptors (Lipinski definition) is 2.